The monoisotopic (exact) mass is 419 g/mol. The van der Waals surface area contributed by atoms with Crippen molar-refractivity contribution in [3.8, 4) is 5.75 Å². The Hall–Kier alpha value is -3.31. The van der Waals surface area contributed by atoms with Crippen molar-refractivity contribution in [1.29, 1.82) is 0 Å². The van der Waals surface area contributed by atoms with E-state index in [2.05, 4.69) is 10.3 Å². The number of rotatable bonds is 8. The summed E-state index contributed by atoms with van der Waals surface area (Å²) in [5.74, 6) is 1.42. The molecule has 6 heteroatoms. The zero-order valence-electron chi connectivity index (χ0n) is 16.4. The molecular formula is C24H22ClN3O2. The number of nitrogens with zero attached hydrogens (tertiary/aromatic N) is 2. The van der Waals surface area contributed by atoms with Crippen molar-refractivity contribution in [3.63, 3.8) is 0 Å². The molecule has 0 radical (unpaired) electrons. The molecular weight excluding hydrogens is 398 g/mol. The first kappa shape index (κ1) is 20.0. The molecule has 0 saturated heterocycles. The number of para-hydroxylation sites is 3. The van der Waals surface area contributed by atoms with Crippen molar-refractivity contribution in [2.45, 2.75) is 19.6 Å². The molecule has 30 heavy (non-hydrogen) atoms. The maximum absolute atomic E-state index is 12.6. The Morgan fingerprint density at radius 2 is 1.70 bits per heavy atom. The molecule has 1 aromatic heterocycles. The molecule has 1 N–H and O–H groups in total. The Balaban J connectivity index is 1.42. The summed E-state index contributed by atoms with van der Waals surface area (Å²) in [5.41, 5.74) is 2.89. The van der Waals surface area contributed by atoms with Gasteiger partial charge >= 0.3 is 0 Å². The second-order valence-electron chi connectivity index (χ2n) is 6.93. The van der Waals surface area contributed by atoms with Gasteiger partial charge in [-0.05, 0) is 48.4 Å². The van der Waals surface area contributed by atoms with Crippen molar-refractivity contribution >= 4 is 28.5 Å². The zero-order chi connectivity index (χ0) is 20.8. The number of carbonyl (C=O) groups excluding carboxylic acids is 1. The number of aromatic nitrogens is 2. The predicted octanol–water partition coefficient (Wildman–Crippen LogP) is 4.63. The van der Waals surface area contributed by atoms with E-state index < -0.39 is 0 Å². The van der Waals surface area contributed by atoms with Crippen molar-refractivity contribution < 1.29 is 9.53 Å². The molecule has 1 amide bonds. The minimum Gasteiger partial charge on any atom is -0.486 e. The molecule has 4 rings (SSSR count). The summed E-state index contributed by atoms with van der Waals surface area (Å²) in [6.45, 7) is 1.04. The lowest BCUT2D eigenvalue weighted by atomic mass is 10.1. The number of hydrogen-bond acceptors (Lipinski definition) is 3. The van der Waals surface area contributed by atoms with Crippen molar-refractivity contribution in [2.75, 3.05) is 6.54 Å². The molecule has 0 saturated carbocycles. The molecule has 0 aliphatic heterocycles. The SMILES string of the molecule is O=C(Cn1c(COc2ccccc2)nc2ccccc21)NCCc1ccc(Cl)cc1. The van der Waals surface area contributed by atoms with E-state index in [1.54, 1.807) is 0 Å². The first-order valence-electron chi connectivity index (χ1n) is 9.82. The number of nitrogens with one attached hydrogen (secondary N) is 1. The highest BCUT2D eigenvalue weighted by Gasteiger charge is 2.14. The van der Waals surface area contributed by atoms with E-state index in [0.717, 1.165) is 28.8 Å². The van der Waals surface area contributed by atoms with Crippen LogP contribution >= 0.6 is 11.6 Å². The third-order valence-electron chi connectivity index (χ3n) is 4.80. The van der Waals surface area contributed by atoms with E-state index in [0.29, 0.717) is 17.4 Å². The zero-order valence-corrected chi connectivity index (χ0v) is 17.2. The van der Waals surface area contributed by atoms with Crippen LogP contribution in [0.2, 0.25) is 5.02 Å². The van der Waals surface area contributed by atoms with Crippen LogP contribution < -0.4 is 10.1 Å². The summed E-state index contributed by atoms with van der Waals surface area (Å²) >= 11 is 5.91. The molecule has 4 aromatic rings. The molecule has 0 bridgehead atoms. The highest BCUT2D eigenvalue weighted by atomic mass is 35.5. The van der Waals surface area contributed by atoms with Gasteiger partial charge in [0, 0.05) is 11.6 Å². The third kappa shape index (κ3) is 4.99. The largest absolute Gasteiger partial charge is 0.486 e. The topological polar surface area (TPSA) is 56.2 Å². The van der Waals surface area contributed by atoms with Gasteiger partial charge in [0.2, 0.25) is 5.91 Å². The molecule has 5 nitrogen and oxygen atoms in total. The second kappa shape index (κ2) is 9.46. The minimum absolute atomic E-state index is 0.0620. The summed E-state index contributed by atoms with van der Waals surface area (Å²) in [4.78, 5) is 17.3. The van der Waals surface area contributed by atoms with E-state index in [4.69, 9.17) is 16.3 Å². The Morgan fingerprint density at radius 3 is 2.50 bits per heavy atom. The van der Waals surface area contributed by atoms with Gasteiger partial charge in [0.15, 0.2) is 0 Å². The van der Waals surface area contributed by atoms with E-state index >= 15 is 0 Å². The number of ether oxygens (including phenoxy) is 1. The van der Waals surface area contributed by atoms with Crippen LogP contribution in [0.4, 0.5) is 0 Å². The van der Waals surface area contributed by atoms with E-state index in [-0.39, 0.29) is 19.1 Å². The molecule has 152 valence electrons. The maximum atomic E-state index is 12.6. The van der Waals surface area contributed by atoms with Crippen molar-refractivity contribution in [3.05, 3.63) is 95.3 Å². The van der Waals surface area contributed by atoms with E-state index in [9.17, 15) is 4.79 Å². The fraction of sp³-hybridized carbons (Fsp3) is 0.167. The Kier molecular flexibility index (Phi) is 6.30. The van der Waals surface area contributed by atoms with Gasteiger partial charge in [0.1, 0.15) is 24.7 Å². The molecule has 0 spiro atoms. The summed E-state index contributed by atoms with van der Waals surface area (Å²) in [7, 11) is 0. The quantitative estimate of drug-likeness (QED) is 0.453. The van der Waals surface area contributed by atoms with E-state index in [1.807, 2.05) is 83.4 Å². The third-order valence-corrected chi connectivity index (χ3v) is 5.05. The van der Waals surface area contributed by atoms with Gasteiger partial charge in [-0.25, -0.2) is 4.98 Å². The summed E-state index contributed by atoms with van der Waals surface area (Å²) in [5, 5.41) is 3.70. The van der Waals surface area contributed by atoms with Gasteiger partial charge in [-0.1, -0.05) is 54.1 Å². The number of fused-ring (bicyclic) bond motifs is 1. The first-order chi connectivity index (χ1) is 14.7. The molecule has 1 heterocycles. The van der Waals surface area contributed by atoms with Gasteiger partial charge in [0.05, 0.1) is 11.0 Å². The summed E-state index contributed by atoms with van der Waals surface area (Å²) in [6.07, 6.45) is 0.748. The van der Waals surface area contributed by atoms with E-state index in [1.165, 1.54) is 0 Å². The van der Waals surface area contributed by atoms with Crippen LogP contribution in [-0.4, -0.2) is 22.0 Å². The summed E-state index contributed by atoms with van der Waals surface area (Å²) in [6, 6.07) is 25.0. The molecule has 0 aliphatic carbocycles. The highest BCUT2D eigenvalue weighted by Crippen LogP contribution is 2.18. The lowest BCUT2D eigenvalue weighted by Gasteiger charge is -2.11. The molecule has 0 atom stereocenters. The van der Waals surface area contributed by atoms with Gasteiger partial charge < -0.3 is 14.6 Å². The fourth-order valence-electron chi connectivity index (χ4n) is 3.27. The number of hydrogen-bond donors (Lipinski definition) is 1. The van der Waals surface area contributed by atoms with Crippen molar-refractivity contribution in [2.24, 2.45) is 0 Å². The smallest absolute Gasteiger partial charge is 0.240 e. The Bertz CT molecular complexity index is 1120. The molecule has 0 unspecified atom stereocenters. The van der Waals surface area contributed by atoms with Crippen LogP contribution in [0.25, 0.3) is 11.0 Å². The van der Waals surface area contributed by atoms with Crippen LogP contribution in [0.15, 0.2) is 78.9 Å². The van der Waals surface area contributed by atoms with Gasteiger partial charge in [-0.2, -0.15) is 0 Å². The Morgan fingerprint density at radius 1 is 0.967 bits per heavy atom. The molecule has 0 fully saturated rings. The number of carbonyl (C=O) groups is 1. The number of amides is 1. The number of benzene rings is 3. The average molecular weight is 420 g/mol. The normalized spacial score (nSPS) is 10.8. The molecule has 0 aliphatic rings. The van der Waals surface area contributed by atoms with Crippen LogP contribution in [-0.2, 0) is 24.4 Å². The minimum atomic E-state index is -0.0620. The summed E-state index contributed by atoms with van der Waals surface area (Å²) < 4.78 is 7.78. The lowest BCUT2D eigenvalue weighted by Crippen LogP contribution is -2.30. The standard InChI is InChI=1S/C24H22ClN3O2/c25-19-12-10-18(11-13-19)14-15-26-24(29)16-28-22-9-5-4-8-21(22)27-23(28)17-30-20-6-2-1-3-7-20/h1-13H,14-17H2,(H,26,29). The van der Waals surface area contributed by atoms with Crippen LogP contribution in [0.1, 0.15) is 11.4 Å². The van der Waals surface area contributed by atoms with Gasteiger partial charge in [-0.15, -0.1) is 0 Å². The number of halogens is 1. The first-order valence-corrected chi connectivity index (χ1v) is 10.2. The number of imidazole rings is 1. The lowest BCUT2D eigenvalue weighted by molar-refractivity contribution is -0.121. The Labute approximate surface area is 180 Å². The highest BCUT2D eigenvalue weighted by molar-refractivity contribution is 6.30. The van der Waals surface area contributed by atoms with Crippen LogP contribution in [0.3, 0.4) is 0 Å². The maximum Gasteiger partial charge on any atom is 0.240 e. The van der Waals surface area contributed by atoms with Gasteiger partial charge in [0.25, 0.3) is 0 Å². The average Bonchev–Trinajstić information content (AvgIpc) is 3.12. The second-order valence-corrected chi connectivity index (χ2v) is 7.37. The van der Waals surface area contributed by atoms with Crippen molar-refractivity contribution in [1.82, 2.24) is 14.9 Å². The van der Waals surface area contributed by atoms with Gasteiger partial charge in [-0.3, -0.25) is 4.79 Å². The fourth-order valence-corrected chi connectivity index (χ4v) is 3.40. The molecule has 3 aromatic carbocycles. The predicted molar refractivity (Wildman–Crippen MR) is 119 cm³/mol. The van der Waals surface area contributed by atoms with Crippen LogP contribution in [0, 0.1) is 0 Å². The van der Waals surface area contributed by atoms with Crippen LogP contribution in [0.5, 0.6) is 5.75 Å².